The molecule has 208 valence electrons. The van der Waals surface area contributed by atoms with E-state index >= 15 is 0 Å². The van der Waals surface area contributed by atoms with Crippen molar-refractivity contribution >= 4 is 29.7 Å². The SMILES string of the molecule is CC.CNc1c(-c2ccccc2)[nH]c(-c2ccccc2)c1C1=NCCCCN=C(N)N1.O=CCCCC(=O)O. The topological polar surface area (TPSA) is 145 Å². The van der Waals surface area contributed by atoms with Crippen LogP contribution in [0.4, 0.5) is 5.69 Å². The second-order valence-corrected chi connectivity index (χ2v) is 8.39. The van der Waals surface area contributed by atoms with Crippen molar-refractivity contribution in [1.29, 1.82) is 0 Å². The van der Waals surface area contributed by atoms with E-state index in [4.69, 9.17) is 15.8 Å². The molecule has 0 saturated heterocycles. The van der Waals surface area contributed by atoms with Crippen molar-refractivity contribution in [3.8, 4) is 22.5 Å². The first-order valence-electron chi connectivity index (χ1n) is 13.4. The standard InChI is InChI=1S/C23H26N6.C5H8O3.C2H6/c1-25-21-18(22-26-14-8-9-15-27-23(24)29-22)19(16-10-4-2-5-11-16)28-20(21)17-12-6-3-7-13-17;6-4-2-1-3-5(7)8;1-2/h2-7,10-13,25,28H,8-9,14-15H2,1H3,(H3,24,26,27,29);4H,1-3H2,(H,7,8);1-2H3. The summed E-state index contributed by atoms with van der Waals surface area (Å²) in [5.41, 5.74) is 12.3. The lowest BCUT2D eigenvalue weighted by molar-refractivity contribution is -0.137. The fourth-order valence-corrected chi connectivity index (χ4v) is 3.92. The Morgan fingerprint density at radius 3 is 2.08 bits per heavy atom. The molecule has 1 aromatic heterocycles. The summed E-state index contributed by atoms with van der Waals surface area (Å²) in [6, 6.07) is 20.6. The average Bonchev–Trinajstić information content (AvgIpc) is 3.40. The number of aliphatic imine (C=N–C) groups is 2. The molecule has 1 aliphatic rings. The number of guanidine groups is 1. The first kappa shape index (κ1) is 30.8. The van der Waals surface area contributed by atoms with E-state index in [0.29, 0.717) is 25.3 Å². The van der Waals surface area contributed by atoms with Crippen LogP contribution in [0.2, 0.25) is 0 Å². The van der Waals surface area contributed by atoms with E-state index in [0.717, 1.165) is 65.3 Å². The Balaban J connectivity index is 0.000000460. The number of carboxylic acid groups (broad SMARTS) is 1. The fourth-order valence-electron chi connectivity index (χ4n) is 3.92. The zero-order valence-electron chi connectivity index (χ0n) is 23.0. The number of aromatic nitrogens is 1. The minimum Gasteiger partial charge on any atom is -0.481 e. The third-order valence-corrected chi connectivity index (χ3v) is 5.69. The molecule has 0 unspecified atom stereocenters. The van der Waals surface area contributed by atoms with Gasteiger partial charge in [-0.1, -0.05) is 74.5 Å². The van der Waals surface area contributed by atoms with Crippen LogP contribution in [0.15, 0.2) is 70.6 Å². The molecule has 0 aliphatic carbocycles. The summed E-state index contributed by atoms with van der Waals surface area (Å²) >= 11 is 0. The first-order chi connectivity index (χ1) is 19.0. The third-order valence-electron chi connectivity index (χ3n) is 5.69. The Kier molecular flexibility index (Phi) is 13.6. The highest BCUT2D eigenvalue weighted by atomic mass is 16.4. The van der Waals surface area contributed by atoms with E-state index < -0.39 is 5.97 Å². The lowest BCUT2D eigenvalue weighted by Crippen LogP contribution is -2.37. The van der Waals surface area contributed by atoms with Crippen LogP contribution in [-0.2, 0) is 9.59 Å². The van der Waals surface area contributed by atoms with E-state index in [1.54, 1.807) is 0 Å². The summed E-state index contributed by atoms with van der Waals surface area (Å²) in [5, 5.41) is 14.7. The van der Waals surface area contributed by atoms with Crippen molar-refractivity contribution in [2.75, 3.05) is 25.5 Å². The highest BCUT2D eigenvalue weighted by Crippen LogP contribution is 2.38. The Hall–Kier alpha value is -4.40. The van der Waals surface area contributed by atoms with Gasteiger partial charge in [0.05, 0.1) is 22.6 Å². The number of anilines is 1. The molecule has 0 radical (unpaired) electrons. The number of aromatic amines is 1. The van der Waals surface area contributed by atoms with Gasteiger partial charge in [0.25, 0.3) is 0 Å². The summed E-state index contributed by atoms with van der Waals surface area (Å²) in [5.74, 6) is 0.288. The molecule has 2 heterocycles. The minimum absolute atomic E-state index is 0.0960. The van der Waals surface area contributed by atoms with Crippen molar-refractivity contribution in [2.45, 2.75) is 46.0 Å². The number of carbonyl (C=O) groups excluding carboxylic acids is 1. The summed E-state index contributed by atoms with van der Waals surface area (Å²) < 4.78 is 0. The van der Waals surface area contributed by atoms with Crippen molar-refractivity contribution < 1.29 is 14.7 Å². The number of hydrogen-bond donors (Lipinski definition) is 5. The van der Waals surface area contributed by atoms with E-state index in [1.807, 2.05) is 57.3 Å². The van der Waals surface area contributed by atoms with Gasteiger partial charge in [-0.05, 0) is 24.8 Å². The van der Waals surface area contributed by atoms with Gasteiger partial charge in [0, 0.05) is 38.5 Å². The van der Waals surface area contributed by atoms with Crippen LogP contribution in [0.5, 0.6) is 0 Å². The number of nitrogens with two attached hydrogens (primary N) is 1. The molecule has 39 heavy (non-hydrogen) atoms. The zero-order chi connectivity index (χ0) is 28.5. The van der Waals surface area contributed by atoms with Crippen molar-refractivity contribution in [2.24, 2.45) is 15.7 Å². The van der Waals surface area contributed by atoms with Gasteiger partial charge in [-0.3, -0.25) is 14.8 Å². The maximum absolute atomic E-state index is 9.76. The molecule has 0 fully saturated rings. The Morgan fingerprint density at radius 2 is 1.54 bits per heavy atom. The molecule has 0 amide bonds. The van der Waals surface area contributed by atoms with Crippen LogP contribution in [0.1, 0.15) is 51.5 Å². The molecule has 0 spiro atoms. The summed E-state index contributed by atoms with van der Waals surface area (Å²) in [4.78, 5) is 32.2. The summed E-state index contributed by atoms with van der Waals surface area (Å²) in [7, 11) is 1.93. The van der Waals surface area contributed by atoms with Gasteiger partial charge in [-0.15, -0.1) is 0 Å². The first-order valence-corrected chi connectivity index (χ1v) is 13.4. The molecular weight excluding hydrogens is 492 g/mol. The van der Waals surface area contributed by atoms with Gasteiger partial charge in [0.15, 0.2) is 5.96 Å². The van der Waals surface area contributed by atoms with Crippen LogP contribution < -0.4 is 16.4 Å². The van der Waals surface area contributed by atoms with E-state index in [1.165, 1.54) is 0 Å². The number of nitrogens with zero attached hydrogens (tertiary/aromatic N) is 2. The smallest absolute Gasteiger partial charge is 0.303 e. The largest absolute Gasteiger partial charge is 0.481 e. The number of H-pyrrole nitrogens is 1. The Labute approximate surface area is 230 Å². The maximum Gasteiger partial charge on any atom is 0.303 e. The number of carboxylic acids is 1. The normalized spacial score (nSPS) is 12.8. The fraction of sp³-hybridized carbons (Fsp3) is 0.333. The molecule has 4 rings (SSSR count). The molecule has 0 saturated carbocycles. The van der Waals surface area contributed by atoms with Crippen LogP contribution in [0.3, 0.4) is 0 Å². The molecule has 0 bridgehead atoms. The van der Waals surface area contributed by atoms with Crippen LogP contribution in [0, 0.1) is 0 Å². The molecule has 0 atom stereocenters. The molecule has 2 aromatic carbocycles. The number of rotatable bonds is 8. The maximum atomic E-state index is 9.76. The predicted octanol–water partition coefficient (Wildman–Crippen LogP) is 5.30. The quantitative estimate of drug-likeness (QED) is 0.197. The number of carbonyl (C=O) groups is 2. The predicted molar refractivity (Wildman–Crippen MR) is 160 cm³/mol. The van der Waals surface area contributed by atoms with Crippen LogP contribution >= 0.6 is 0 Å². The number of benzene rings is 2. The van der Waals surface area contributed by atoms with Crippen molar-refractivity contribution in [3.05, 3.63) is 66.2 Å². The minimum atomic E-state index is -0.841. The van der Waals surface area contributed by atoms with Gasteiger partial charge in [-0.25, -0.2) is 0 Å². The van der Waals surface area contributed by atoms with E-state index in [-0.39, 0.29) is 6.42 Å². The Bertz CT molecular complexity index is 1220. The molecule has 3 aromatic rings. The number of amidine groups is 1. The van der Waals surface area contributed by atoms with Gasteiger partial charge in [-0.2, -0.15) is 0 Å². The van der Waals surface area contributed by atoms with Gasteiger partial charge in [0.2, 0.25) is 0 Å². The molecule has 9 heteroatoms. The highest BCUT2D eigenvalue weighted by molar-refractivity contribution is 6.16. The van der Waals surface area contributed by atoms with Crippen LogP contribution in [-0.4, -0.2) is 54.3 Å². The highest BCUT2D eigenvalue weighted by Gasteiger charge is 2.23. The molecular formula is C30H40N6O3. The monoisotopic (exact) mass is 532 g/mol. The number of aliphatic carboxylic acids is 1. The number of aldehydes is 1. The molecule has 9 nitrogen and oxygen atoms in total. The van der Waals surface area contributed by atoms with Crippen LogP contribution in [0.25, 0.3) is 22.5 Å². The molecule has 1 aliphatic heterocycles. The number of nitrogens with one attached hydrogen (secondary N) is 3. The second-order valence-electron chi connectivity index (χ2n) is 8.39. The third kappa shape index (κ3) is 9.45. The lowest BCUT2D eigenvalue weighted by Gasteiger charge is -2.13. The molecule has 6 N–H and O–H groups in total. The second kappa shape index (κ2) is 17.2. The number of hydrogen-bond acceptors (Lipinski definition) is 7. The van der Waals surface area contributed by atoms with Crippen molar-refractivity contribution in [3.63, 3.8) is 0 Å². The zero-order valence-corrected chi connectivity index (χ0v) is 23.0. The van der Waals surface area contributed by atoms with Gasteiger partial charge in [0.1, 0.15) is 12.1 Å². The van der Waals surface area contributed by atoms with E-state index in [2.05, 4.69) is 44.9 Å². The number of unbranched alkanes of at least 4 members (excludes halogenated alkanes) is 1. The van der Waals surface area contributed by atoms with E-state index in [9.17, 15) is 9.59 Å². The summed E-state index contributed by atoms with van der Waals surface area (Å²) in [6.45, 7) is 5.45. The van der Waals surface area contributed by atoms with Gasteiger partial charge >= 0.3 is 5.97 Å². The Morgan fingerprint density at radius 1 is 0.974 bits per heavy atom. The lowest BCUT2D eigenvalue weighted by atomic mass is 10.0. The van der Waals surface area contributed by atoms with Crippen molar-refractivity contribution in [1.82, 2.24) is 10.3 Å². The van der Waals surface area contributed by atoms with Gasteiger partial charge < -0.3 is 31.3 Å². The average molecular weight is 533 g/mol. The summed E-state index contributed by atoms with van der Waals surface area (Å²) in [6.07, 6.45) is 3.59.